The number of pyridine rings is 1. The van der Waals surface area contributed by atoms with Crippen LogP contribution < -0.4 is 14.8 Å². The molecule has 0 bridgehead atoms. The number of hydrogen-bond acceptors (Lipinski definition) is 7. The SMILES string of the molecule is COc1ccccc1CC(OC(=O)CNC(=O)c1nccc(OC)c1O)C(C)c1ccccc1. The summed E-state index contributed by atoms with van der Waals surface area (Å²) in [6, 6.07) is 18.7. The molecule has 8 heteroatoms. The molecule has 2 unspecified atom stereocenters. The normalized spacial score (nSPS) is 12.3. The molecule has 0 fully saturated rings. The monoisotopic (exact) mass is 464 g/mol. The lowest BCUT2D eigenvalue weighted by Gasteiger charge is -2.25. The molecule has 2 aromatic carbocycles. The van der Waals surface area contributed by atoms with Gasteiger partial charge in [0.05, 0.1) is 14.2 Å². The van der Waals surface area contributed by atoms with Crippen molar-refractivity contribution in [1.82, 2.24) is 10.3 Å². The van der Waals surface area contributed by atoms with Crippen LogP contribution >= 0.6 is 0 Å². The summed E-state index contributed by atoms with van der Waals surface area (Å²) in [6.07, 6.45) is 1.25. The van der Waals surface area contributed by atoms with Crippen LogP contribution in [0.3, 0.4) is 0 Å². The number of nitrogens with zero attached hydrogens (tertiary/aromatic N) is 1. The van der Waals surface area contributed by atoms with Gasteiger partial charge in [0.15, 0.2) is 17.2 Å². The van der Waals surface area contributed by atoms with Crippen molar-refractivity contribution >= 4 is 11.9 Å². The molecule has 0 aliphatic heterocycles. The van der Waals surface area contributed by atoms with Crippen LogP contribution in [0.5, 0.6) is 17.2 Å². The number of aromatic hydroxyl groups is 1. The second-order valence-corrected chi connectivity index (χ2v) is 7.64. The minimum absolute atomic E-state index is 0.108. The molecule has 2 atom stereocenters. The molecule has 0 aliphatic carbocycles. The molecule has 0 radical (unpaired) electrons. The van der Waals surface area contributed by atoms with E-state index in [1.165, 1.54) is 19.4 Å². The molecule has 2 N–H and O–H groups in total. The van der Waals surface area contributed by atoms with E-state index < -0.39 is 23.7 Å². The maximum Gasteiger partial charge on any atom is 0.325 e. The van der Waals surface area contributed by atoms with Crippen molar-refractivity contribution in [1.29, 1.82) is 0 Å². The van der Waals surface area contributed by atoms with Crippen molar-refractivity contribution in [2.75, 3.05) is 20.8 Å². The highest BCUT2D eigenvalue weighted by atomic mass is 16.5. The molecule has 34 heavy (non-hydrogen) atoms. The average molecular weight is 465 g/mol. The van der Waals surface area contributed by atoms with Gasteiger partial charge in [0.2, 0.25) is 0 Å². The lowest BCUT2D eigenvalue weighted by molar-refractivity contribution is -0.148. The Hall–Kier alpha value is -4.07. The van der Waals surface area contributed by atoms with Gasteiger partial charge in [0, 0.05) is 24.6 Å². The van der Waals surface area contributed by atoms with Crippen molar-refractivity contribution in [3.63, 3.8) is 0 Å². The zero-order valence-corrected chi connectivity index (χ0v) is 19.4. The topological polar surface area (TPSA) is 107 Å². The highest BCUT2D eigenvalue weighted by Crippen LogP contribution is 2.29. The van der Waals surface area contributed by atoms with E-state index >= 15 is 0 Å². The lowest BCUT2D eigenvalue weighted by atomic mass is 9.91. The number of rotatable bonds is 10. The Kier molecular flexibility index (Phi) is 8.45. The van der Waals surface area contributed by atoms with E-state index in [0.29, 0.717) is 12.2 Å². The van der Waals surface area contributed by atoms with E-state index in [1.54, 1.807) is 7.11 Å². The summed E-state index contributed by atoms with van der Waals surface area (Å²) < 4.78 is 16.3. The summed E-state index contributed by atoms with van der Waals surface area (Å²) in [5.41, 5.74) is 1.68. The van der Waals surface area contributed by atoms with Crippen LogP contribution in [0.1, 0.15) is 34.5 Å². The van der Waals surface area contributed by atoms with Gasteiger partial charge in [-0.2, -0.15) is 0 Å². The second kappa shape index (κ2) is 11.7. The molecule has 3 aromatic rings. The van der Waals surface area contributed by atoms with Gasteiger partial charge in [0.25, 0.3) is 5.91 Å². The molecule has 1 heterocycles. The van der Waals surface area contributed by atoms with Crippen LogP contribution in [-0.4, -0.2) is 48.8 Å². The summed E-state index contributed by atoms with van der Waals surface area (Å²) >= 11 is 0. The van der Waals surface area contributed by atoms with Crippen LogP contribution in [0.25, 0.3) is 0 Å². The van der Waals surface area contributed by atoms with Gasteiger partial charge in [-0.05, 0) is 17.2 Å². The van der Waals surface area contributed by atoms with Crippen molar-refractivity contribution in [3.8, 4) is 17.2 Å². The van der Waals surface area contributed by atoms with Gasteiger partial charge in [-0.3, -0.25) is 9.59 Å². The first-order chi connectivity index (χ1) is 16.4. The molecule has 0 spiro atoms. The summed E-state index contributed by atoms with van der Waals surface area (Å²) in [5, 5.41) is 12.6. The number of ether oxygens (including phenoxy) is 3. The van der Waals surface area contributed by atoms with E-state index in [-0.39, 0.29) is 23.9 Å². The average Bonchev–Trinajstić information content (AvgIpc) is 2.87. The van der Waals surface area contributed by atoms with E-state index in [2.05, 4.69) is 10.3 Å². The summed E-state index contributed by atoms with van der Waals surface area (Å²) in [6.45, 7) is 1.60. The maximum absolute atomic E-state index is 12.7. The zero-order chi connectivity index (χ0) is 24.5. The number of benzene rings is 2. The fourth-order valence-corrected chi connectivity index (χ4v) is 3.59. The Labute approximate surface area is 198 Å². The Balaban J connectivity index is 1.72. The molecule has 8 nitrogen and oxygen atoms in total. The van der Waals surface area contributed by atoms with Crippen molar-refractivity contribution < 1.29 is 28.9 Å². The van der Waals surface area contributed by atoms with E-state index in [9.17, 15) is 14.7 Å². The van der Waals surface area contributed by atoms with E-state index in [0.717, 1.165) is 11.1 Å². The van der Waals surface area contributed by atoms with Crippen molar-refractivity contribution in [3.05, 3.63) is 83.7 Å². The molecule has 3 rings (SSSR count). The first-order valence-electron chi connectivity index (χ1n) is 10.8. The largest absolute Gasteiger partial charge is 0.503 e. The maximum atomic E-state index is 12.7. The standard InChI is InChI=1S/C26H28N2O6/c1-17(18-9-5-4-6-10-18)22(15-19-11-7-8-12-20(19)32-2)34-23(29)16-28-26(31)24-25(30)21(33-3)13-14-27-24/h4-14,17,22,30H,15-16H2,1-3H3,(H,28,31). The first-order valence-corrected chi connectivity index (χ1v) is 10.8. The Morgan fingerprint density at radius 3 is 2.35 bits per heavy atom. The van der Waals surface area contributed by atoms with Crippen LogP contribution in [0, 0.1) is 0 Å². The third-order valence-corrected chi connectivity index (χ3v) is 5.49. The van der Waals surface area contributed by atoms with Gasteiger partial charge >= 0.3 is 5.97 Å². The first kappa shape index (κ1) is 24.6. The van der Waals surface area contributed by atoms with E-state index in [4.69, 9.17) is 14.2 Å². The highest BCUT2D eigenvalue weighted by molar-refractivity contribution is 5.97. The third kappa shape index (κ3) is 6.04. The van der Waals surface area contributed by atoms with Gasteiger partial charge in [-0.1, -0.05) is 55.5 Å². The van der Waals surface area contributed by atoms with Crippen LogP contribution in [0.15, 0.2) is 66.9 Å². The Bertz CT molecular complexity index is 1120. The number of para-hydroxylation sites is 1. The van der Waals surface area contributed by atoms with E-state index in [1.807, 2.05) is 61.5 Å². The number of amides is 1. The highest BCUT2D eigenvalue weighted by Gasteiger charge is 2.25. The van der Waals surface area contributed by atoms with Crippen LogP contribution in [-0.2, 0) is 16.0 Å². The van der Waals surface area contributed by atoms with Crippen LogP contribution in [0.4, 0.5) is 0 Å². The number of nitrogens with one attached hydrogen (secondary N) is 1. The Morgan fingerprint density at radius 1 is 0.971 bits per heavy atom. The third-order valence-electron chi connectivity index (χ3n) is 5.49. The number of carbonyl (C=O) groups excluding carboxylic acids is 2. The fourth-order valence-electron chi connectivity index (χ4n) is 3.59. The van der Waals surface area contributed by atoms with Gasteiger partial charge in [0.1, 0.15) is 18.4 Å². The van der Waals surface area contributed by atoms with Crippen molar-refractivity contribution in [2.24, 2.45) is 0 Å². The molecule has 0 aliphatic rings. The number of esters is 1. The van der Waals surface area contributed by atoms with Crippen molar-refractivity contribution in [2.45, 2.75) is 25.4 Å². The molecule has 178 valence electrons. The molecule has 1 aromatic heterocycles. The molecular formula is C26H28N2O6. The number of methoxy groups -OCH3 is 2. The molecule has 0 saturated carbocycles. The Morgan fingerprint density at radius 2 is 1.65 bits per heavy atom. The number of aromatic nitrogens is 1. The zero-order valence-electron chi connectivity index (χ0n) is 19.4. The quantitative estimate of drug-likeness (QED) is 0.442. The van der Waals surface area contributed by atoms with Gasteiger partial charge in [-0.15, -0.1) is 0 Å². The fraction of sp³-hybridized carbons (Fsp3) is 0.269. The van der Waals surface area contributed by atoms with Gasteiger partial charge < -0.3 is 24.6 Å². The summed E-state index contributed by atoms with van der Waals surface area (Å²) in [5.74, 6) is -1.03. The van der Waals surface area contributed by atoms with Gasteiger partial charge in [-0.25, -0.2) is 4.98 Å². The lowest BCUT2D eigenvalue weighted by Crippen LogP contribution is -2.35. The summed E-state index contributed by atoms with van der Waals surface area (Å²) in [4.78, 5) is 29.0. The predicted molar refractivity (Wildman–Crippen MR) is 126 cm³/mol. The smallest absolute Gasteiger partial charge is 0.325 e. The number of hydrogen-bond donors (Lipinski definition) is 2. The van der Waals surface area contributed by atoms with Crippen LogP contribution in [0.2, 0.25) is 0 Å². The number of carbonyl (C=O) groups is 2. The molecular weight excluding hydrogens is 436 g/mol. The predicted octanol–water partition coefficient (Wildman–Crippen LogP) is 3.49. The minimum atomic E-state index is -0.717. The summed E-state index contributed by atoms with van der Waals surface area (Å²) in [7, 11) is 2.96. The minimum Gasteiger partial charge on any atom is -0.503 e. The second-order valence-electron chi connectivity index (χ2n) is 7.64. The molecule has 0 saturated heterocycles. The molecule has 1 amide bonds.